The van der Waals surface area contributed by atoms with Crippen LogP contribution in [-0.4, -0.2) is 26.5 Å². The number of hydrogen-bond acceptors (Lipinski definition) is 0. The molecular formula is C16H26Ge2Zr. The van der Waals surface area contributed by atoms with E-state index in [1.807, 2.05) is 0 Å². The van der Waals surface area contributed by atoms with E-state index in [4.69, 9.17) is 0 Å². The van der Waals surface area contributed by atoms with E-state index in [1.165, 1.54) is 0 Å². The number of rotatable bonds is 4. The molecule has 0 radical (unpaired) electrons. The summed E-state index contributed by atoms with van der Waals surface area (Å²) >= 11 is -4.07. The molecule has 102 valence electrons. The van der Waals surface area contributed by atoms with Gasteiger partial charge in [-0.3, -0.25) is 0 Å². The van der Waals surface area contributed by atoms with Crippen LogP contribution in [0.4, 0.5) is 0 Å². The first-order valence-electron chi connectivity index (χ1n) is 7.15. The van der Waals surface area contributed by atoms with Gasteiger partial charge in [-0.05, 0) is 0 Å². The SMILES string of the molecule is [CH3][Ge]([CH3])([CH3])[C]1([Zr][C]2([Ge]([CH3])([CH3])[CH3])C=CC=C2)C=CC=C1. The van der Waals surface area contributed by atoms with Gasteiger partial charge in [-0.1, -0.05) is 0 Å². The van der Waals surface area contributed by atoms with Crippen molar-refractivity contribution in [3.05, 3.63) is 48.6 Å². The molecule has 0 spiro atoms. The van der Waals surface area contributed by atoms with Crippen molar-refractivity contribution in [2.24, 2.45) is 0 Å². The van der Waals surface area contributed by atoms with Crippen LogP contribution in [-0.2, 0) is 23.2 Å². The van der Waals surface area contributed by atoms with Crippen LogP contribution in [0.5, 0.6) is 0 Å². The van der Waals surface area contributed by atoms with Gasteiger partial charge in [0.05, 0.1) is 0 Å². The maximum atomic E-state index is 2.60. The van der Waals surface area contributed by atoms with Crippen molar-refractivity contribution in [1.29, 1.82) is 0 Å². The molecule has 3 heteroatoms. The first-order valence-corrected chi connectivity index (χ1v) is 24.3. The Bertz CT molecular complexity index is 402. The molecule has 0 fully saturated rings. The van der Waals surface area contributed by atoms with Crippen molar-refractivity contribution in [2.75, 3.05) is 0 Å². The Balaban J connectivity index is 2.43. The Morgan fingerprint density at radius 1 is 0.579 bits per heavy atom. The average Bonchev–Trinajstić information content (AvgIpc) is 2.86. The van der Waals surface area contributed by atoms with Crippen molar-refractivity contribution in [2.45, 2.75) is 38.4 Å². The molecule has 0 unspecified atom stereocenters. The van der Waals surface area contributed by atoms with E-state index in [0.717, 1.165) is 0 Å². The molecule has 0 aromatic carbocycles. The molecule has 0 saturated heterocycles. The third-order valence-corrected chi connectivity index (χ3v) is 42.3. The van der Waals surface area contributed by atoms with Crippen LogP contribution in [0, 0.1) is 0 Å². The fraction of sp³-hybridized carbons (Fsp3) is 0.500. The molecule has 0 atom stereocenters. The standard InChI is InChI=1S/2C8H13Ge.Zr/c2*1-9(2,3)8-6-4-5-7-8;/h2*4-7H,1-3H3;. The maximum absolute atomic E-state index is 2.60. The predicted octanol–water partition coefficient (Wildman–Crippen LogP) is 5.39. The fourth-order valence-electron chi connectivity index (χ4n) is 2.82. The minimum atomic E-state index is -1.74. The van der Waals surface area contributed by atoms with E-state index in [0.29, 0.717) is 3.91 Å². The van der Waals surface area contributed by atoms with Crippen molar-refractivity contribution in [1.82, 2.24) is 0 Å². The molecule has 0 aromatic rings. The van der Waals surface area contributed by atoms with Crippen molar-refractivity contribution >= 4 is 26.5 Å². The molecule has 0 amide bonds. The Hall–Kier alpha value is 0.929. The zero-order valence-corrected chi connectivity index (χ0v) is 19.8. The molecule has 0 bridgehead atoms. The second-order valence-corrected chi connectivity index (χ2v) is 40.0. The molecule has 0 aromatic heterocycles. The topological polar surface area (TPSA) is 0 Å². The van der Waals surface area contributed by atoms with Crippen LogP contribution in [0.25, 0.3) is 0 Å². The third kappa shape index (κ3) is 2.94. The molecule has 0 saturated carbocycles. The summed E-state index contributed by atoms with van der Waals surface area (Å²) in [7, 11) is 0. The van der Waals surface area contributed by atoms with Gasteiger partial charge >= 0.3 is 137 Å². The van der Waals surface area contributed by atoms with Gasteiger partial charge in [0.15, 0.2) is 0 Å². The van der Waals surface area contributed by atoms with Gasteiger partial charge < -0.3 is 0 Å². The van der Waals surface area contributed by atoms with Crippen molar-refractivity contribution in [3.8, 4) is 0 Å². The summed E-state index contributed by atoms with van der Waals surface area (Å²) in [6, 6.07) is 0. The van der Waals surface area contributed by atoms with E-state index >= 15 is 0 Å². The summed E-state index contributed by atoms with van der Waals surface area (Å²) < 4.78 is 1.11. The predicted molar refractivity (Wildman–Crippen MR) is 88.6 cm³/mol. The Morgan fingerprint density at radius 3 is 1.05 bits per heavy atom. The van der Waals surface area contributed by atoms with Gasteiger partial charge in [-0.2, -0.15) is 0 Å². The Labute approximate surface area is 135 Å². The quantitative estimate of drug-likeness (QED) is 0.499. The molecule has 2 rings (SSSR count). The monoisotopic (exact) mass is 456 g/mol. The van der Waals surface area contributed by atoms with Crippen LogP contribution >= 0.6 is 0 Å². The van der Waals surface area contributed by atoms with Gasteiger partial charge in [0, 0.05) is 0 Å². The summed E-state index contributed by atoms with van der Waals surface area (Å²) in [6.45, 7) is 0. The summed E-state index contributed by atoms with van der Waals surface area (Å²) in [6.07, 6.45) is 19.7. The van der Waals surface area contributed by atoms with E-state index in [1.54, 1.807) is 0 Å². The van der Waals surface area contributed by atoms with E-state index in [9.17, 15) is 0 Å². The summed E-state index contributed by atoms with van der Waals surface area (Å²) in [4.78, 5) is 0. The molecule has 0 nitrogen and oxygen atoms in total. The summed E-state index contributed by atoms with van der Waals surface area (Å²) in [5.74, 6) is 15.6. The Morgan fingerprint density at radius 2 is 0.842 bits per heavy atom. The normalized spacial score (nSPS) is 23.3. The molecule has 19 heavy (non-hydrogen) atoms. The minimum absolute atomic E-state index is 0.556. The van der Waals surface area contributed by atoms with Crippen LogP contribution < -0.4 is 0 Å². The van der Waals surface area contributed by atoms with Gasteiger partial charge in [-0.15, -0.1) is 0 Å². The second kappa shape index (κ2) is 5.29. The summed E-state index contributed by atoms with van der Waals surface area (Å²) in [5, 5.41) is 0. The van der Waals surface area contributed by atoms with Crippen LogP contribution in [0.3, 0.4) is 0 Å². The zero-order valence-electron chi connectivity index (χ0n) is 13.1. The second-order valence-electron chi connectivity index (χ2n) is 7.80. The van der Waals surface area contributed by atoms with E-state index < -0.39 is 49.8 Å². The number of hydrogen-bond donors (Lipinski definition) is 0. The van der Waals surface area contributed by atoms with Crippen LogP contribution in [0.1, 0.15) is 0 Å². The number of allylic oxidation sites excluding steroid dienone is 8. The van der Waals surface area contributed by atoms with E-state index in [-0.39, 0.29) is 0 Å². The fourth-order valence-corrected chi connectivity index (χ4v) is 30.8. The summed E-state index contributed by atoms with van der Waals surface area (Å²) in [5.41, 5.74) is 0. The molecule has 0 N–H and O–H groups in total. The van der Waals surface area contributed by atoms with Crippen molar-refractivity contribution in [3.63, 3.8) is 0 Å². The molecule has 2 aliphatic carbocycles. The molecular weight excluding hydrogens is 429 g/mol. The molecule has 0 aliphatic heterocycles. The van der Waals surface area contributed by atoms with Crippen molar-refractivity contribution < 1.29 is 23.2 Å². The third-order valence-electron chi connectivity index (χ3n) is 4.55. The molecule has 0 heterocycles. The zero-order chi connectivity index (χ0) is 14.4. The van der Waals surface area contributed by atoms with E-state index in [2.05, 4.69) is 83.1 Å². The van der Waals surface area contributed by atoms with Gasteiger partial charge in [0.1, 0.15) is 0 Å². The van der Waals surface area contributed by atoms with Gasteiger partial charge in [0.2, 0.25) is 0 Å². The average molecular weight is 455 g/mol. The first-order chi connectivity index (χ1) is 8.62. The molecule has 2 aliphatic rings. The van der Waals surface area contributed by atoms with Crippen LogP contribution in [0.2, 0.25) is 38.4 Å². The van der Waals surface area contributed by atoms with Gasteiger partial charge in [-0.25, -0.2) is 0 Å². The van der Waals surface area contributed by atoms with Gasteiger partial charge in [0.25, 0.3) is 0 Å². The van der Waals surface area contributed by atoms with Crippen LogP contribution in [0.15, 0.2) is 48.6 Å². The first kappa shape index (κ1) is 16.3. The Kier molecular flexibility index (Phi) is 4.53.